The van der Waals surface area contributed by atoms with Crippen molar-refractivity contribution in [2.75, 3.05) is 18.0 Å². The third-order valence-electron chi connectivity index (χ3n) is 6.77. The molecule has 1 saturated heterocycles. The van der Waals surface area contributed by atoms with Crippen LogP contribution in [0.1, 0.15) is 63.4 Å². The van der Waals surface area contributed by atoms with Crippen molar-refractivity contribution in [2.45, 2.75) is 57.8 Å². The Labute approximate surface area is 187 Å². The molecule has 162 valence electrons. The molecule has 1 aliphatic heterocycles. The lowest BCUT2D eigenvalue weighted by Crippen LogP contribution is -2.32. The lowest BCUT2D eigenvalue weighted by molar-refractivity contribution is 0.438. The summed E-state index contributed by atoms with van der Waals surface area (Å²) in [6, 6.07) is 6.78. The number of hydrogen-bond acceptors (Lipinski definition) is 5. The van der Waals surface area contributed by atoms with Crippen LogP contribution in [0.4, 0.5) is 9.52 Å². The number of benzene rings is 1. The molecule has 0 atom stereocenters. The number of rotatable bonds is 4. The second-order valence-corrected chi connectivity index (χ2v) is 9.99. The number of anilines is 1. The molecular formula is C25H29FN4S. The van der Waals surface area contributed by atoms with Crippen LogP contribution in [0.25, 0.3) is 21.8 Å². The topological polar surface area (TPSA) is 41.9 Å². The van der Waals surface area contributed by atoms with E-state index in [2.05, 4.69) is 16.8 Å². The van der Waals surface area contributed by atoms with E-state index in [1.807, 2.05) is 12.3 Å². The van der Waals surface area contributed by atoms with Gasteiger partial charge in [-0.2, -0.15) is 0 Å². The largest absolute Gasteiger partial charge is 0.348 e. The van der Waals surface area contributed by atoms with Crippen molar-refractivity contribution in [3.05, 3.63) is 48.2 Å². The third kappa shape index (κ3) is 4.36. The molecule has 2 aromatic heterocycles. The van der Waals surface area contributed by atoms with Gasteiger partial charge >= 0.3 is 0 Å². The first-order valence-corrected chi connectivity index (χ1v) is 12.3. The van der Waals surface area contributed by atoms with E-state index in [0.717, 1.165) is 46.0 Å². The van der Waals surface area contributed by atoms with E-state index in [0.29, 0.717) is 5.92 Å². The van der Waals surface area contributed by atoms with Gasteiger partial charge in [0.2, 0.25) is 0 Å². The minimum Gasteiger partial charge on any atom is -0.348 e. The molecule has 31 heavy (non-hydrogen) atoms. The van der Waals surface area contributed by atoms with Crippen LogP contribution >= 0.6 is 11.3 Å². The highest BCUT2D eigenvalue weighted by Crippen LogP contribution is 2.44. The Balaban J connectivity index is 1.61. The number of thiazole rings is 1. The fraction of sp³-hybridized carbons (Fsp3) is 0.480. The Morgan fingerprint density at radius 3 is 2.61 bits per heavy atom. The van der Waals surface area contributed by atoms with Gasteiger partial charge in [-0.3, -0.25) is 0 Å². The number of halogens is 1. The quantitative estimate of drug-likeness (QED) is 0.457. The predicted molar refractivity (Wildman–Crippen MR) is 125 cm³/mol. The summed E-state index contributed by atoms with van der Waals surface area (Å²) in [4.78, 5) is 17.6. The summed E-state index contributed by atoms with van der Waals surface area (Å²) in [5, 5.41) is 1.02. The average molecular weight is 437 g/mol. The van der Waals surface area contributed by atoms with Gasteiger partial charge in [0.1, 0.15) is 12.1 Å². The molecule has 3 aromatic rings. The number of aromatic nitrogens is 3. The molecule has 0 unspecified atom stereocenters. The van der Waals surface area contributed by atoms with Crippen molar-refractivity contribution >= 4 is 16.5 Å². The fourth-order valence-corrected chi connectivity index (χ4v) is 6.04. The first kappa shape index (κ1) is 20.6. The van der Waals surface area contributed by atoms with Crippen molar-refractivity contribution in [1.82, 2.24) is 15.0 Å². The number of hydrogen-bond donors (Lipinski definition) is 0. The zero-order valence-corrected chi connectivity index (χ0v) is 18.9. The maximum atomic E-state index is 14.1. The molecule has 0 amide bonds. The van der Waals surface area contributed by atoms with E-state index < -0.39 is 0 Å². The highest BCUT2D eigenvalue weighted by atomic mass is 32.1. The molecule has 0 N–H and O–H groups in total. The van der Waals surface area contributed by atoms with Gasteiger partial charge in [-0.1, -0.05) is 49.7 Å². The Morgan fingerprint density at radius 2 is 1.84 bits per heavy atom. The number of nitrogens with zero attached hydrogens (tertiary/aromatic N) is 4. The second kappa shape index (κ2) is 9.03. The summed E-state index contributed by atoms with van der Waals surface area (Å²) in [5.74, 6) is 1.02. The van der Waals surface area contributed by atoms with Crippen LogP contribution in [0.5, 0.6) is 0 Å². The van der Waals surface area contributed by atoms with Gasteiger partial charge in [-0.15, -0.1) is 0 Å². The third-order valence-corrected chi connectivity index (χ3v) is 7.89. The Hall–Kier alpha value is -2.34. The highest BCUT2D eigenvalue weighted by molar-refractivity contribution is 7.19. The summed E-state index contributed by atoms with van der Waals surface area (Å²) >= 11 is 1.70. The van der Waals surface area contributed by atoms with E-state index in [4.69, 9.17) is 9.97 Å². The van der Waals surface area contributed by atoms with Crippen LogP contribution < -0.4 is 4.90 Å². The average Bonchev–Trinajstić information content (AvgIpc) is 3.25. The van der Waals surface area contributed by atoms with Crippen molar-refractivity contribution in [2.24, 2.45) is 5.92 Å². The Bertz CT molecular complexity index is 1040. The van der Waals surface area contributed by atoms with Crippen LogP contribution in [0, 0.1) is 11.7 Å². The van der Waals surface area contributed by atoms with Gasteiger partial charge in [0.25, 0.3) is 0 Å². The highest BCUT2D eigenvalue weighted by Gasteiger charge is 2.27. The predicted octanol–water partition coefficient (Wildman–Crippen LogP) is 6.69. The van der Waals surface area contributed by atoms with E-state index in [1.165, 1.54) is 56.6 Å². The maximum Gasteiger partial charge on any atom is 0.186 e. The molecule has 2 fully saturated rings. The van der Waals surface area contributed by atoms with E-state index >= 15 is 0 Å². The van der Waals surface area contributed by atoms with Crippen LogP contribution in [0.15, 0.2) is 36.8 Å². The standard InChI is InChI=1S/C25H29FN4S/c1-17-10-12-30(13-11-17)25-29-22(19-8-5-9-20(26)14-19)24(31-25)23-21(15-27-16-28-23)18-6-3-2-4-7-18/h5,8-9,14-18H,2-4,6-7,10-13H2,1H3. The molecule has 1 saturated carbocycles. The fourth-order valence-electron chi connectivity index (χ4n) is 4.88. The lowest BCUT2D eigenvalue weighted by atomic mass is 9.83. The molecular weight excluding hydrogens is 407 g/mol. The summed E-state index contributed by atoms with van der Waals surface area (Å²) in [6.07, 6.45) is 12.2. The Kier molecular flexibility index (Phi) is 5.99. The monoisotopic (exact) mass is 436 g/mol. The minimum absolute atomic E-state index is 0.236. The van der Waals surface area contributed by atoms with Gasteiger partial charge < -0.3 is 4.90 Å². The van der Waals surface area contributed by atoms with Gasteiger partial charge in [0.15, 0.2) is 5.13 Å². The first-order valence-electron chi connectivity index (χ1n) is 11.5. The van der Waals surface area contributed by atoms with Crippen molar-refractivity contribution in [3.8, 4) is 21.8 Å². The summed E-state index contributed by atoms with van der Waals surface area (Å²) in [5.41, 5.74) is 3.86. The lowest BCUT2D eigenvalue weighted by Gasteiger charge is -2.29. The van der Waals surface area contributed by atoms with Crippen LogP contribution in [0.3, 0.4) is 0 Å². The van der Waals surface area contributed by atoms with Gasteiger partial charge in [0, 0.05) is 30.4 Å². The number of piperidine rings is 1. The second-order valence-electron chi connectivity index (χ2n) is 9.02. The van der Waals surface area contributed by atoms with Crippen molar-refractivity contribution in [1.29, 1.82) is 0 Å². The van der Waals surface area contributed by atoms with Gasteiger partial charge in [0.05, 0.1) is 16.3 Å². The molecule has 2 aliphatic rings. The van der Waals surface area contributed by atoms with E-state index in [-0.39, 0.29) is 5.82 Å². The molecule has 3 heterocycles. The zero-order valence-electron chi connectivity index (χ0n) is 18.1. The minimum atomic E-state index is -0.236. The normalized spacial score (nSPS) is 18.5. The van der Waals surface area contributed by atoms with Gasteiger partial charge in [-0.25, -0.2) is 19.3 Å². The van der Waals surface area contributed by atoms with E-state index in [9.17, 15) is 4.39 Å². The smallest absolute Gasteiger partial charge is 0.186 e. The zero-order chi connectivity index (χ0) is 21.2. The van der Waals surface area contributed by atoms with Crippen LogP contribution in [-0.4, -0.2) is 28.0 Å². The summed E-state index contributed by atoms with van der Waals surface area (Å²) in [6.45, 7) is 4.37. The first-order chi connectivity index (χ1) is 15.2. The molecule has 0 radical (unpaired) electrons. The molecule has 5 rings (SSSR count). The van der Waals surface area contributed by atoms with Gasteiger partial charge in [-0.05, 0) is 49.7 Å². The van der Waals surface area contributed by atoms with Crippen LogP contribution in [0.2, 0.25) is 0 Å². The molecule has 6 heteroatoms. The molecule has 1 aliphatic carbocycles. The summed E-state index contributed by atoms with van der Waals surface area (Å²) < 4.78 is 14.1. The molecule has 0 spiro atoms. The SMILES string of the molecule is CC1CCN(c2nc(-c3cccc(F)c3)c(-c3ncncc3C3CCCCC3)s2)CC1. The molecule has 0 bridgehead atoms. The Morgan fingerprint density at radius 1 is 1.03 bits per heavy atom. The van der Waals surface area contributed by atoms with E-state index in [1.54, 1.807) is 29.8 Å². The van der Waals surface area contributed by atoms with Crippen molar-refractivity contribution < 1.29 is 4.39 Å². The summed E-state index contributed by atoms with van der Waals surface area (Å²) in [7, 11) is 0. The molecule has 1 aromatic carbocycles. The van der Waals surface area contributed by atoms with Crippen molar-refractivity contribution in [3.63, 3.8) is 0 Å². The maximum absolute atomic E-state index is 14.1. The van der Waals surface area contributed by atoms with Crippen LogP contribution in [-0.2, 0) is 0 Å². The molecule has 4 nitrogen and oxygen atoms in total.